The maximum Gasteiger partial charge on any atom is 0.416 e. The molecule has 0 saturated heterocycles. The molecule has 1 aliphatic heterocycles. The lowest BCUT2D eigenvalue weighted by Gasteiger charge is -2.38. The van der Waals surface area contributed by atoms with Crippen molar-refractivity contribution in [2.75, 3.05) is 19.8 Å². The van der Waals surface area contributed by atoms with Crippen LogP contribution in [0.5, 0.6) is 5.75 Å². The minimum absolute atomic E-state index is 0.00212. The average molecular weight is 532 g/mol. The van der Waals surface area contributed by atoms with Crippen LogP contribution in [0.1, 0.15) is 40.8 Å². The first-order valence-corrected chi connectivity index (χ1v) is 11.9. The molecule has 38 heavy (non-hydrogen) atoms. The number of nitrogens with zero attached hydrogens (tertiary/aromatic N) is 1. The molecule has 1 unspecified atom stereocenters. The van der Waals surface area contributed by atoms with Crippen LogP contribution < -0.4 is 4.74 Å². The molecule has 1 heterocycles. The van der Waals surface area contributed by atoms with E-state index in [0.717, 1.165) is 23.8 Å². The molecule has 1 amide bonds. The predicted molar refractivity (Wildman–Crippen MR) is 129 cm³/mol. The lowest BCUT2D eigenvalue weighted by molar-refractivity contribution is -0.145. The number of ether oxygens (including phenoxy) is 3. The highest BCUT2D eigenvalue weighted by Crippen LogP contribution is 2.44. The summed E-state index contributed by atoms with van der Waals surface area (Å²) in [7, 11) is 0. The summed E-state index contributed by atoms with van der Waals surface area (Å²) < 4.78 is 72.0. The molecule has 4 rings (SSSR count). The molecule has 3 aromatic rings. The van der Waals surface area contributed by atoms with Crippen LogP contribution >= 0.6 is 0 Å². The zero-order valence-corrected chi connectivity index (χ0v) is 20.5. The molecule has 0 bridgehead atoms. The van der Waals surface area contributed by atoms with Gasteiger partial charge in [-0.15, -0.1) is 0 Å². The van der Waals surface area contributed by atoms with Crippen molar-refractivity contribution >= 4 is 12.1 Å². The van der Waals surface area contributed by atoms with E-state index in [1.807, 2.05) is 6.07 Å². The van der Waals surface area contributed by atoms with Crippen molar-refractivity contribution in [3.8, 4) is 5.75 Å². The molecule has 0 N–H and O–H groups in total. The Hall–Kier alpha value is -4.08. The number of hydrogen-bond donors (Lipinski definition) is 0. The number of carbonyl (C=O) groups is 2. The van der Waals surface area contributed by atoms with E-state index in [4.69, 9.17) is 14.2 Å². The van der Waals surface area contributed by atoms with Crippen molar-refractivity contribution in [3.05, 3.63) is 100 Å². The third-order valence-corrected chi connectivity index (χ3v) is 6.08. The second-order valence-corrected chi connectivity index (χ2v) is 8.53. The fraction of sp³-hybridized carbons (Fsp3) is 0.286. The highest BCUT2D eigenvalue weighted by molar-refractivity contribution is 5.72. The van der Waals surface area contributed by atoms with Crippen molar-refractivity contribution in [3.63, 3.8) is 0 Å². The van der Waals surface area contributed by atoms with E-state index in [1.165, 1.54) is 23.1 Å². The number of carbonyl (C=O) groups excluding carboxylic acids is 2. The van der Waals surface area contributed by atoms with Gasteiger partial charge in [0.15, 0.2) is 6.61 Å². The van der Waals surface area contributed by atoms with Crippen molar-refractivity contribution in [2.45, 2.75) is 32.2 Å². The van der Waals surface area contributed by atoms with Crippen LogP contribution in [-0.2, 0) is 33.5 Å². The summed E-state index contributed by atoms with van der Waals surface area (Å²) in [6, 6.07) is 14.8. The van der Waals surface area contributed by atoms with Gasteiger partial charge in [0.25, 0.3) is 0 Å². The van der Waals surface area contributed by atoms with Crippen molar-refractivity contribution in [2.24, 2.45) is 0 Å². The second-order valence-electron chi connectivity index (χ2n) is 8.53. The topological polar surface area (TPSA) is 65.1 Å². The summed E-state index contributed by atoms with van der Waals surface area (Å²) in [5, 5.41) is 0. The molecule has 0 saturated carbocycles. The van der Waals surface area contributed by atoms with Gasteiger partial charge >= 0.3 is 18.2 Å². The van der Waals surface area contributed by atoms with E-state index in [-0.39, 0.29) is 48.6 Å². The maximum atomic E-state index is 14.5. The third-order valence-electron chi connectivity index (χ3n) is 6.08. The summed E-state index contributed by atoms with van der Waals surface area (Å²) in [6.45, 7) is 1.06. The minimum Gasteiger partial charge on any atom is -0.482 e. The predicted octanol–water partition coefficient (Wildman–Crippen LogP) is 6.07. The number of benzene rings is 3. The lowest BCUT2D eigenvalue weighted by atomic mass is 9.85. The highest BCUT2D eigenvalue weighted by atomic mass is 19.4. The number of halogens is 4. The monoisotopic (exact) mass is 531 g/mol. The summed E-state index contributed by atoms with van der Waals surface area (Å²) >= 11 is 0. The number of rotatable bonds is 7. The molecule has 0 radical (unpaired) electrons. The Morgan fingerprint density at radius 3 is 2.45 bits per heavy atom. The summed E-state index contributed by atoms with van der Waals surface area (Å²) in [4.78, 5) is 26.4. The normalized spacial score (nSPS) is 15.0. The Bertz CT molecular complexity index is 1300. The van der Waals surface area contributed by atoms with Crippen molar-refractivity contribution in [1.82, 2.24) is 4.90 Å². The SMILES string of the molecule is CCOC(=O)COc1ccc(F)cc1C1c2cccc(C(F)(F)F)c2CCN1C(=O)OCc1ccccc1. The lowest BCUT2D eigenvalue weighted by Crippen LogP contribution is -2.41. The van der Waals surface area contributed by atoms with Crippen LogP contribution in [0.15, 0.2) is 66.7 Å². The van der Waals surface area contributed by atoms with E-state index in [2.05, 4.69) is 0 Å². The largest absolute Gasteiger partial charge is 0.482 e. The van der Waals surface area contributed by atoms with Crippen LogP contribution in [0.2, 0.25) is 0 Å². The Morgan fingerprint density at radius 2 is 1.74 bits per heavy atom. The quantitative estimate of drug-likeness (QED) is 0.274. The van der Waals surface area contributed by atoms with Gasteiger partial charge in [0.1, 0.15) is 18.2 Å². The van der Waals surface area contributed by atoms with Gasteiger partial charge in [-0.2, -0.15) is 13.2 Å². The summed E-state index contributed by atoms with van der Waals surface area (Å²) in [5.41, 5.74) is 0.124. The zero-order chi connectivity index (χ0) is 27.3. The standard InChI is InChI=1S/C28H25F4NO5/c1-2-36-25(34)17-37-24-12-11-19(29)15-22(24)26-21-9-6-10-23(28(30,31)32)20(21)13-14-33(26)27(35)38-16-18-7-4-3-5-8-18/h3-12,15,26H,2,13-14,16-17H2,1H3. The van der Waals surface area contributed by atoms with Crippen LogP contribution in [0, 0.1) is 5.82 Å². The number of amides is 1. The number of alkyl halides is 3. The van der Waals surface area contributed by atoms with Gasteiger partial charge in [-0.05, 0) is 54.3 Å². The molecule has 0 aliphatic carbocycles. The Kier molecular flexibility index (Phi) is 8.19. The first kappa shape index (κ1) is 27.0. The maximum absolute atomic E-state index is 14.5. The van der Waals surface area contributed by atoms with E-state index >= 15 is 0 Å². The first-order chi connectivity index (χ1) is 18.2. The fourth-order valence-electron chi connectivity index (χ4n) is 4.47. The molecular weight excluding hydrogens is 506 g/mol. The molecule has 1 atom stereocenters. The first-order valence-electron chi connectivity index (χ1n) is 11.9. The van der Waals surface area contributed by atoms with Gasteiger partial charge in [0.2, 0.25) is 0 Å². The van der Waals surface area contributed by atoms with Crippen molar-refractivity contribution < 1.29 is 41.4 Å². The smallest absolute Gasteiger partial charge is 0.416 e. The summed E-state index contributed by atoms with van der Waals surface area (Å²) in [6.07, 6.45) is -5.50. The molecule has 6 nitrogen and oxygen atoms in total. The molecule has 0 spiro atoms. The summed E-state index contributed by atoms with van der Waals surface area (Å²) in [5.74, 6) is -1.35. The molecule has 0 fully saturated rings. The number of esters is 1. The minimum atomic E-state index is -4.63. The van der Waals surface area contributed by atoms with Crippen LogP contribution in [0.25, 0.3) is 0 Å². The molecular formula is C28H25F4NO5. The third kappa shape index (κ3) is 6.07. The average Bonchev–Trinajstić information content (AvgIpc) is 2.90. The highest BCUT2D eigenvalue weighted by Gasteiger charge is 2.41. The van der Waals surface area contributed by atoms with Gasteiger partial charge in [-0.1, -0.05) is 42.5 Å². The Labute approximate surface area is 216 Å². The number of fused-ring (bicyclic) bond motifs is 1. The van der Waals surface area contributed by atoms with Gasteiger partial charge in [0.05, 0.1) is 18.2 Å². The van der Waals surface area contributed by atoms with Crippen LogP contribution in [0.3, 0.4) is 0 Å². The Balaban J connectivity index is 1.76. The van der Waals surface area contributed by atoms with E-state index < -0.39 is 42.3 Å². The van der Waals surface area contributed by atoms with Crippen LogP contribution in [-0.4, -0.2) is 36.7 Å². The molecule has 1 aliphatic rings. The Morgan fingerprint density at radius 1 is 0.974 bits per heavy atom. The van der Waals surface area contributed by atoms with Crippen LogP contribution in [0.4, 0.5) is 22.4 Å². The van der Waals surface area contributed by atoms with E-state index in [9.17, 15) is 27.2 Å². The van der Waals surface area contributed by atoms with Gasteiger partial charge < -0.3 is 14.2 Å². The number of hydrogen-bond acceptors (Lipinski definition) is 5. The van der Waals surface area contributed by atoms with Gasteiger partial charge in [-0.3, -0.25) is 4.90 Å². The second kappa shape index (κ2) is 11.5. The van der Waals surface area contributed by atoms with Gasteiger partial charge in [0, 0.05) is 12.1 Å². The molecule has 3 aromatic carbocycles. The molecule has 10 heteroatoms. The van der Waals surface area contributed by atoms with Gasteiger partial charge in [-0.25, -0.2) is 14.0 Å². The molecule has 200 valence electrons. The van der Waals surface area contributed by atoms with E-state index in [0.29, 0.717) is 0 Å². The fourth-order valence-corrected chi connectivity index (χ4v) is 4.47. The van der Waals surface area contributed by atoms with Crippen molar-refractivity contribution in [1.29, 1.82) is 0 Å². The van der Waals surface area contributed by atoms with E-state index in [1.54, 1.807) is 31.2 Å². The zero-order valence-electron chi connectivity index (χ0n) is 20.5. The molecule has 0 aromatic heterocycles.